The molecule has 6 nitrogen and oxygen atoms in total. The minimum atomic E-state index is -4.50. The van der Waals surface area contributed by atoms with Crippen LogP contribution in [0.3, 0.4) is 0 Å². The molecule has 0 atom stereocenters. The number of fused-ring (bicyclic) bond motifs is 1. The quantitative estimate of drug-likeness (QED) is 0.560. The summed E-state index contributed by atoms with van der Waals surface area (Å²) in [6.07, 6.45) is 0.458. The second-order valence-corrected chi connectivity index (χ2v) is 6.46. The number of hydrogen-bond acceptors (Lipinski definition) is 4. The van der Waals surface area contributed by atoms with Gasteiger partial charge in [0.05, 0.1) is 29.2 Å². The van der Waals surface area contributed by atoms with E-state index in [1.807, 2.05) is 0 Å². The maximum absolute atomic E-state index is 13.8. The van der Waals surface area contributed by atoms with Crippen LogP contribution in [0.4, 0.5) is 13.2 Å². The number of aryl methyl sites for hydroxylation is 1. The zero-order chi connectivity index (χ0) is 19.9. The summed E-state index contributed by atoms with van der Waals surface area (Å²) in [5.41, 5.74) is 1.81. The van der Waals surface area contributed by atoms with Crippen molar-refractivity contribution in [2.75, 3.05) is 7.05 Å². The van der Waals surface area contributed by atoms with E-state index in [0.29, 0.717) is 16.6 Å². The van der Waals surface area contributed by atoms with Crippen molar-refractivity contribution in [2.45, 2.75) is 12.7 Å². The van der Waals surface area contributed by atoms with Crippen molar-refractivity contribution in [2.24, 2.45) is 7.05 Å². The molecule has 9 heteroatoms. The van der Waals surface area contributed by atoms with E-state index in [1.54, 1.807) is 43.3 Å². The fourth-order valence-electron chi connectivity index (χ4n) is 3.31. The molecule has 4 rings (SSSR count). The first-order valence-electron chi connectivity index (χ1n) is 8.55. The van der Waals surface area contributed by atoms with Crippen LogP contribution >= 0.6 is 0 Å². The van der Waals surface area contributed by atoms with Gasteiger partial charge in [0.1, 0.15) is 5.69 Å². The normalized spacial score (nSPS) is 12.0. The van der Waals surface area contributed by atoms with Crippen LogP contribution in [-0.2, 0) is 19.8 Å². The van der Waals surface area contributed by atoms with E-state index in [-0.39, 0.29) is 23.4 Å². The lowest BCUT2D eigenvalue weighted by Gasteiger charge is -2.17. The van der Waals surface area contributed by atoms with Gasteiger partial charge in [-0.2, -0.15) is 23.4 Å². The summed E-state index contributed by atoms with van der Waals surface area (Å²) in [6.45, 7) is 0.109. The number of aromatic amines is 1. The first-order valence-corrected chi connectivity index (χ1v) is 8.55. The van der Waals surface area contributed by atoms with Crippen molar-refractivity contribution in [1.82, 2.24) is 30.3 Å². The Kier molecular flexibility index (Phi) is 4.38. The molecule has 1 aromatic carbocycles. The van der Waals surface area contributed by atoms with Crippen LogP contribution in [-0.4, -0.2) is 32.0 Å². The summed E-state index contributed by atoms with van der Waals surface area (Å²) in [7, 11) is 3.40. The largest absolute Gasteiger partial charge is 0.417 e. The number of H-pyrrole nitrogens is 1. The van der Waals surface area contributed by atoms with E-state index in [4.69, 9.17) is 0 Å². The van der Waals surface area contributed by atoms with E-state index in [2.05, 4.69) is 25.6 Å². The van der Waals surface area contributed by atoms with Gasteiger partial charge in [0.2, 0.25) is 0 Å². The molecule has 0 aliphatic rings. The predicted molar refractivity (Wildman–Crippen MR) is 99.3 cm³/mol. The summed E-state index contributed by atoms with van der Waals surface area (Å²) in [5, 5.41) is 14.8. The molecule has 0 saturated heterocycles. The van der Waals surface area contributed by atoms with Crippen molar-refractivity contribution in [1.29, 1.82) is 0 Å². The van der Waals surface area contributed by atoms with Crippen LogP contribution in [0.15, 0.2) is 42.9 Å². The van der Waals surface area contributed by atoms with Crippen LogP contribution < -0.4 is 5.32 Å². The average Bonchev–Trinajstić information content (AvgIpc) is 3.26. The number of halogens is 3. The zero-order valence-electron chi connectivity index (χ0n) is 15.2. The Balaban J connectivity index is 1.92. The standard InChI is InChI=1S/C19H17F3N6/c1-23-7-11-4-3-5-13(17(11)19(20,21)22)15-6-14-16(9-24-15)26-27-18(14)12-8-25-28(2)10-12/h3-6,8-10,23H,7H2,1-2H3,(H,26,27). The molecule has 0 unspecified atom stereocenters. The van der Waals surface area contributed by atoms with Crippen LogP contribution in [0.25, 0.3) is 33.4 Å². The van der Waals surface area contributed by atoms with E-state index in [9.17, 15) is 13.2 Å². The van der Waals surface area contributed by atoms with Gasteiger partial charge < -0.3 is 5.32 Å². The third-order valence-corrected chi connectivity index (χ3v) is 4.50. The molecule has 2 N–H and O–H groups in total. The van der Waals surface area contributed by atoms with Gasteiger partial charge in [-0.05, 0) is 18.7 Å². The van der Waals surface area contributed by atoms with Gasteiger partial charge in [0.15, 0.2) is 0 Å². The molecule has 0 spiro atoms. The molecule has 0 aliphatic carbocycles. The highest BCUT2D eigenvalue weighted by molar-refractivity contribution is 5.94. The minimum absolute atomic E-state index is 0.0421. The van der Waals surface area contributed by atoms with Gasteiger partial charge >= 0.3 is 6.18 Å². The molecule has 3 aromatic heterocycles. The topological polar surface area (TPSA) is 71.4 Å². The van der Waals surface area contributed by atoms with Crippen molar-refractivity contribution in [3.05, 3.63) is 54.0 Å². The van der Waals surface area contributed by atoms with E-state index in [0.717, 1.165) is 5.56 Å². The highest BCUT2D eigenvalue weighted by atomic mass is 19.4. The van der Waals surface area contributed by atoms with Crippen LogP contribution in [0.2, 0.25) is 0 Å². The molecule has 0 saturated carbocycles. The lowest BCUT2D eigenvalue weighted by Crippen LogP contribution is -2.15. The van der Waals surface area contributed by atoms with E-state index < -0.39 is 11.7 Å². The van der Waals surface area contributed by atoms with Crippen LogP contribution in [0.5, 0.6) is 0 Å². The molecular weight excluding hydrogens is 369 g/mol. The van der Waals surface area contributed by atoms with Gasteiger partial charge in [0.25, 0.3) is 0 Å². The third-order valence-electron chi connectivity index (χ3n) is 4.50. The Bertz CT molecular complexity index is 1140. The molecule has 3 heterocycles. The maximum Gasteiger partial charge on any atom is 0.417 e. The highest BCUT2D eigenvalue weighted by Crippen LogP contribution is 2.40. The fraction of sp³-hybridized carbons (Fsp3) is 0.211. The van der Waals surface area contributed by atoms with Crippen molar-refractivity contribution in [3.63, 3.8) is 0 Å². The Morgan fingerprint density at radius 3 is 2.71 bits per heavy atom. The van der Waals surface area contributed by atoms with Crippen LogP contribution in [0.1, 0.15) is 11.1 Å². The van der Waals surface area contributed by atoms with Crippen molar-refractivity contribution < 1.29 is 13.2 Å². The predicted octanol–water partition coefficient (Wildman–Crippen LogP) is 3.76. The maximum atomic E-state index is 13.8. The number of nitrogens with one attached hydrogen (secondary N) is 2. The fourth-order valence-corrected chi connectivity index (χ4v) is 3.31. The van der Waals surface area contributed by atoms with Gasteiger partial charge in [0, 0.05) is 36.3 Å². The third kappa shape index (κ3) is 3.13. The lowest BCUT2D eigenvalue weighted by molar-refractivity contribution is -0.137. The van der Waals surface area contributed by atoms with Gasteiger partial charge in [-0.25, -0.2) is 0 Å². The van der Waals surface area contributed by atoms with Crippen molar-refractivity contribution in [3.8, 4) is 22.5 Å². The summed E-state index contributed by atoms with van der Waals surface area (Å²) in [5.74, 6) is 0. The number of hydrogen-bond donors (Lipinski definition) is 2. The van der Waals surface area contributed by atoms with E-state index >= 15 is 0 Å². The monoisotopic (exact) mass is 386 g/mol. The van der Waals surface area contributed by atoms with E-state index in [1.165, 1.54) is 18.3 Å². The smallest absolute Gasteiger partial charge is 0.316 e. The molecule has 0 fully saturated rings. The summed E-state index contributed by atoms with van der Waals surface area (Å²) >= 11 is 0. The molecular formula is C19H17F3N6. The number of alkyl halides is 3. The van der Waals surface area contributed by atoms with Crippen LogP contribution in [0, 0.1) is 0 Å². The molecule has 0 bridgehead atoms. The average molecular weight is 386 g/mol. The molecule has 144 valence electrons. The highest BCUT2D eigenvalue weighted by Gasteiger charge is 2.36. The summed E-state index contributed by atoms with van der Waals surface area (Å²) in [6, 6.07) is 6.16. The number of rotatable bonds is 4. The molecule has 0 radical (unpaired) electrons. The SMILES string of the molecule is CNCc1cccc(-c2cc3c(-c4cnn(C)c4)n[nH]c3cn2)c1C(F)(F)F. The zero-order valence-corrected chi connectivity index (χ0v) is 15.2. The lowest BCUT2D eigenvalue weighted by atomic mass is 9.97. The summed E-state index contributed by atoms with van der Waals surface area (Å²) in [4.78, 5) is 4.25. The first-order chi connectivity index (χ1) is 13.4. The Morgan fingerprint density at radius 2 is 2.04 bits per heavy atom. The molecule has 4 aromatic rings. The number of nitrogens with zero attached hydrogens (tertiary/aromatic N) is 4. The van der Waals surface area contributed by atoms with Crippen molar-refractivity contribution >= 4 is 10.9 Å². The Morgan fingerprint density at radius 1 is 1.21 bits per heavy atom. The van der Waals surface area contributed by atoms with Gasteiger partial charge in [-0.15, -0.1) is 0 Å². The second kappa shape index (κ2) is 6.75. The molecule has 0 aliphatic heterocycles. The first kappa shape index (κ1) is 18.2. The molecule has 28 heavy (non-hydrogen) atoms. The number of pyridine rings is 1. The Hall–Kier alpha value is -3.20. The van der Waals surface area contributed by atoms with Gasteiger partial charge in [-0.1, -0.05) is 18.2 Å². The number of aromatic nitrogens is 5. The number of benzene rings is 1. The Labute approximate surface area is 158 Å². The van der Waals surface area contributed by atoms with Gasteiger partial charge in [-0.3, -0.25) is 14.8 Å². The second-order valence-electron chi connectivity index (χ2n) is 6.46. The summed E-state index contributed by atoms with van der Waals surface area (Å²) < 4.78 is 43.1. The molecule has 0 amide bonds. The minimum Gasteiger partial charge on any atom is -0.316 e.